The van der Waals surface area contributed by atoms with Crippen molar-refractivity contribution in [3.63, 3.8) is 0 Å². The van der Waals surface area contributed by atoms with Crippen molar-refractivity contribution in [1.82, 2.24) is 10.2 Å². The lowest BCUT2D eigenvalue weighted by molar-refractivity contribution is 0.320. The molecule has 0 atom stereocenters. The van der Waals surface area contributed by atoms with Crippen LogP contribution in [0.5, 0.6) is 0 Å². The fourth-order valence-electron chi connectivity index (χ4n) is 1.63. The van der Waals surface area contributed by atoms with Gasteiger partial charge in [0.25, 0.3) is 0 Å². The van der Waals surface area contributed by atoms with E-state index in [0.29, 0.717) is 0 Å². The largest absolute Gasteiger partial charge is 0.317 e. The lowest BCUT2D eigenvalue weighted by atomic mass is 10.2. The molecule has 90 valence electrons. The second-order valence-corrected chi connectivity index (χ2v) is 4.99. The van der Waals surface area contributed by atoms with Crippen molar-refractivity contribution in [2.24, 2.45) is 0 Å². The number of benzene rings is 1. The van der Waals surface area contributed by atoms with E-state index >= 15 is 0 Å². The van der Waals surface area contributed by atoms with Crippen LogP contribution in [0, 0.1) is 0 Å². The molecule has 0 spiro atoms. The molecule has 0 saturated carbocycles. The molecule has 0 aromatic heterocycles. The predicted octanol–water partition coefficient (Wildman–Crippen LogP) is 2.88. The van der Waals surface area contributed by atoms with Gasteiger partial charge >= 0.3 is 0 Å². The Morgan fingerprint density at radius 1 is 1.25 bits per heavy atom. The van der Waals surface area contributed by atoms with Gasteiger partial charge in [0.1, 0.15) is 0 Å². The molecule has 0 unspecified atom stereocenters. The van der Waals surface area contributed by atoms with Crippen LogP contribution in [0.4, 0.5) is 0 Å². The Balaban J connectivity index is 2.23. The zero-order valence-corrected chi connectivity index (χ0v) is 11.8. The van der Waals surface area contributed by atoms with Crippen LogP contribution in [-0.2, 0) is 6.54 Å². The van der Waals surface area contributed by atoms with Gasteiger partial charge in [0.2, 0.25) is 0 Å². The molecular formula is C13H21BrN2. The number of nitrogens with one attached hydrogen (secondary N) is 1. The highest BCUT2D eigenvalue weighted by molar-refractivity contribution is 9.10. The highest BCUT2D eigenvalue weighted by Gasteiger charge is 1.99. The molecule has 0 amide bonds. The summed E-state index contributed by atoms with van der Waals surface area (Å²) in [5, 5.41) is 3.34. The predicted molar refractivity (Wildman–Crippen MR) is 73.6 cm³/mol. The molecule has 2 nitrogen and oxygen atoms in total. The first kappa shape index (κ1) is 13.7. The molecule has 0 aliphatic rings. The van der Waals surface area contributed by atoms with E-state index in [1.165, 1.54) is 12.0 Å². The molecule has 0 heterocycles. The molecule has 1 aromatic rings. The monoisotopic (exact) mass is 284 g/mol. The van der Waals surface area contributed by atoms with Crippen LogP contribution in [0.3, 0.4) is 0 Å². The fraction of sp³-hybridized carbons (Fsp3) is 0.538. The van der Waals surface area contributed by atoms with Gasteiger partial charge in [-0.25, -0.2) is 0 Å². The number of hydrogen-bond donors (Lipinski definition) is 1. The van der Waals surface area contributed by atoms with Crippen LogP contribution in [0.2, 0.25) is 0 Å². The van der Waals surface area contributed by atoms with Gasteiger partial charge in [-0.05, 0) is 50.8 Å². The van der Waals surface area contributed by atoms with Gasteiger partial charge in [-0.3, -0.25) is 0 Å². The van der Waals surface area contributed by atoms with Crippen molar-refractivity contribution in [2.75, 3.05) is 26.7 Å². The van der Waals surface area contributed by atoms with E-state index in [-0.39, 0.29) is 0 Å². The number of halogens is 1. The summed E-state index contributed by atoms with van der Waals surface area (Å²) in [6.45, 7) is 6.49. The minimum atomic E-state index is 1.03. The van der Waals surface area contributed by atoms with Crippen LogP contribution < -0.4 is 5.32 Å². The second kappa shape index (κ2) is 7.82. The van der Waals surface area contributed by atoms with Gasteiger partial charge in [-0.15, -0.1) is 0 Å². The Labute approximate surface area is 107 Å². The molecule has 1 aromatic carbocycles. The average Bonchev–Trinajstić information content (AvgIpc) is 2.28. The first-order valence-corrected chi connectivity index (χ1v) is 6.65. The summed E-state index contributed by atoms with van der Waals surface area (Å²) >= 11 is 3.45. The first-order chi connectivity index (χ1) is 7.72. The van der Waals surface area contributed by atoms with Crippen LogP contribution in [-0.4, -0.2) is 31.6 Å². The van der Waals surface area contributed by atoms with Crippen molar-refractivity contribution < 1.29 is 0 Å². The summed E-state index contributed by atoms with van der Waals surface area (Å²) in [5.74, 6) is 0. The third-order valence-electron chi connectivity index (χ3n) is 2.51. The number of nitrogens with zero attached hydrogens (tertiary/aromatic N) is 1. The molecule has 0 aliphatic heterocycles. The lowest BCUT2D eigenvalue weighted by Crippen LogP contribution is -2.23. The summed E-state index contributed by atoms with van der Waals surface area (Å²) in [5.41, 5.74) is 1.37. The maximum Gasteiger partial charge on any atom is 0.0230 e. The highest BCUT2D eigenvalue weighted by Crippen LogP contribution is 2.11. The molecule has 3 heteroatoms. The topological polar surface area (TPSA) is 15.3 Å². The average molecular weight is 285 g/mol. The van der Waals surface area contributed by atoms with E-state index < -0.39 is 0 Å². The van der Waals surface area contributed by atoms with E-state index in [1.807, 2.05) is 0 Å². The van der Waals surface area contributed by atoms with Crippen LogP contribution >= 0.6 is 15.9 Å². The smallest absolute Gasteiger partial charge is 0.0230 e. The fourth-order valence-corrected chi connectivity index (χ4v) is 1.90. The quantitative estimate of drug-likeness (QED) is 0.775. The molecule has 0 aliphatic carbocycles. The zero-order chi connectivity index (χ0) is 11.8. The maximum atomic E-state index is 3.45. The SMILES string of the molecule is CCNCCCN(C)Cc1ccc(Br)cc1. The summed E-state index contributed by atoms with van der Waals surface area (Å²) in [6.07, 6.45) is 1.21. The minimum absolute atomic E-state index is 1.03. The van der Waals surface area contributed by atoms with Crippen molar-refractivity contribution in [2.45, 2.75) is 19.9 Å². The lowest BCUT2D eigenvalue weighted by Gasteiger charge is -2.16. The van der Waals surface area contributed by atoms with Crippen LogP contribution in [0.1, 0.15) is 18.9 Å². The van der Waals surface area contributed by atoms with Gasteiger partial charge in [0.15, 0.2) is 0 Å². The van der Waals surface area contributed by atoms with Crippen molar-refractivity contribution in [3.05, 3.63) is 34.3 Å². The van der Waals surface area contributed by atoms with Gasteiger partial charge in [0, 0.05) is 11.0 Å². The normalized spacial score (nSPS) is 11.0. The Morgan fingerprint density at radius 2 is 1.94 bits per heavy atom. The summed E-state index contributed by atoms with van der Waals surface area (Å²) in [6, 6.07) is 8.54. The standard InChI is InChI=1S/C13H21BrN2/c1-3-15-9-4-10-16(2)11-12-5-7-13(14)8-6-12/h5-8,15H,3-4,9-11H2,1-2H3. The summed E-state index contributed by atoms with van der Waals surface area (Å²) < 4.78 is 1.14. The summed E-state index contributed by atoms with van der Waals surface area (Å²) in [4.78, 5) is 2.36. The molecule has 0 bridgehead atoms. The second-order valence-electron chi connectivity index (χ2n) is 4.07. The number of rotatable bonds is 7. The van der Waals surface area contributed by atoms with E-state index in [2.05, 4.69) is 64.4 Å². The van der Waals surface area contributed by atoms with Crippen LogP contribution in [0.15, 0.2) is 28.7 Å². The highest BCUT2D eigenvalue weighted by atomic mass is 79.9. The van der Waals surface area contributed by atoms with E-state index in [0.717, 1.165) is 30.7 Å². The minimum Gasteiger partial charge on any atom is -0.317 e. The number of hydrogen-bond acceptors (Lipinski definition) is 2. The van der Waals surface area contributed by atoms with E-state index in [1.54, 1.807) is 0 Å². The maximum absolute atomic E-state index is 3.45. The zero-order valence-electron chi connectivity index (χ0n) is 10.2. The summed E-state index contributed by atoms with van der Waals surface area (Å²) in [7, 11) is 2.17. The Kier molecular flexibility index (Phi) is 6.69. The molecule has 1 rings (SSSR count). The molecule has 0 radical (unpaired) electrons. The van der Waals surface area contributed by atoms with E-state index in [4.69, 9.17) is 0 Å². The molecule has 16 heavy (non-hydrogen) atoms. The van der Waals surface area contributed by atoms with E-state index in [9.17, 15) is 0 Å². The van der Waals surface area contributed by atoms with Gasteiger partial charge in [-0.2, -0.15) is 0 Å². The molecule has 1 N–H and O–H groups in total. The third-order valence-corrected chi connectivity index (χ3v) is 3.04. The van der Waals surface area contributed by atoms with Gasteiger partial charge in [-0.1, -0.05) is 35.0 Å². The van der Waals surface area contributed by atoms with Crippen molar-refractivity contribution >= 4 is 15.9 Å². The van der Waals surface area contributed by atoms with Gasteiger partial charge in [0.05, 0.1) is 0 Å². The van der Waals surface area contributed by atoms with Crippen molar-refractivity contribution in [3.8, 4) is 0 Å². The first-order valence-electron chi connectivity index (χ1n) is 5.86. The van der Waals surface area contributed by atoms with Gasteiger partial charge < -0.3 is 10.2 Å². The molecular weight excluding hydrogens is 264 g/mol. The van der Waals surface area contributed by atoms with Crippen molar-refractivity contribution in [1.29, 1.82) is 0 Å². The molecule has 0 fully saturated rings. The third kappa shape index (κ3) is 5.64. The molecule has 0 saturated heterocycles. The van der Waals surface area contributed by atoms with Crippen LogP contribution in [0.25, 0.3) is 0 Å². The Hall–Kier alpha value is -0.380. The Bertz CT molecular complexity index is 284. The Morgan fingerprint density at radius 3 is 2.56 bits per heavy atom.